The van der Waals surface area contributed by atoms with Gasteiger partial charge in [-0.25, -0.2) is 0 Å². The van der Waals surface area contributed by atoms with E-state index in [9.17, 15) is 4.79 Å². The number of hydrogen-bond donors (Lipinski definition) is 2. The fourth-order valence-corrected chi connectivity index (χ4v) is 3.17. The van der Waals surface area contributed by atoms with Gasteiger partial charge in [0.2, 0.25) is 0 Å². The van der Waals surface area contributed by atoms with Crippen LogP contribution in [0.3, 0.4) is 0 Å². The normalized spacial score (nSPS) is 24.3. The monoisotopic (exact) mass is 302 g/mol. The van der Waals surface area contributed by atoms with Gasteiger partial charge in [-0.05, 0) is 44.1 Å². The molecule has 0 heterocycles. The van der Waals surface area contributed by atoms with Crippen molar-refractivity contribution in [2.24, 2.45) is 5.92 Å². The van der Waals surface area contributed by atoms with E-state index >= 15 is 0 Å². The fourth-order valence-electron chi connectivity index (χ4n) is 3.17. The maximum absolute atomic E-state index is 11.0. The summed E-state index contributed by atoms with van der Waals surface area (Å²) < 4.78 is 0. The standard InChI is InChI=1S/C18H26N2O2/c1-13-2-4-14(5-3-13)10-19-16-8-17(9-16)20(12-18(21)22)11-15-6-7-15/h2-5,15-17,19H,6-12H2,1H3,(H,21,22). The number of carbonyl (C=O) groups is 1. The number of carboxylic acid groups (broad SMARTS) is 1. The van der Waals surface area contributed by atoms with E-state index in [0.29, 0.717) is 12.1 Å². The smallest absolute Gasteiger partial charge is 0.317 e. The van der Waals surface area contributed by atoms with Crippen LogP contribution in [0.4, 0.5) is 0 Å². The first-order valence-corrected chi connectivity index (χ1v) is 8.35. The lowest BCUT2D eigenvalue weighted by atomic mass is 9.85. The summed E-state index contributed by atoms with van der Waals surface area (Å²) in [5.74, 6) is 0.0515. The minimum Gasteiger partial charge on any atom is -0.480 e. The predicted octanol–water partition coefficient (Wildman–Crippen LogP) is 2.41. The quantitative estimate of drug-likeness (QED) is 0.774. The van der Waals surface area contributed by atoms with Crippen molar-refractivity contribution >= 4 is 5.97 Å². The highest BCUT2D eigenvalue weighted by Crippen LogP contribution is 2.33. The first-order chi connectivity index (χ1) is 10.6. The SMILES string of the molecule is Cc1ccc(CNC2CC(N(CC(=O)O)CC3CC3)C2)cc1. The van der Waals surface area contributed by atoms with Crippen molar-refractivity contribution in [3.8, 4) is 0 Å². The van der Waals surface area contributed by atoms with Crippen molar-refractivity contribution in [3.05, 3.63) is 35.4 Å². The molecular formula is C18H26N2O2. The van der Waals surface area contributed by atoms with Crippen LogP contribution >= 0.6 is 0 Å². The van der Waals surface area contributed by atoms with Gasteiger partial charge < -0.3 is 10.4 Å². The van der Waals surface area contributed by atoms with Crippen LogP contribution in [-0.2, 0) is 11.3 Å². The Bertz CT molecular complexity index is 504. The minimum absolute atomic E-state index is 0.200. The Hall–Kier alpha value is -1.39. The van der Waals surface area contributed by atoms with Crippen LogP contribution in [0.2, 0.25) is 0 Å². The van der Waals surface area contributed by atoms with E-state index in [4.69, 9.17) is 5.11 Å². The van der Waals surface area contributed by atoms with Gasteiger partial charge in [0.05, 0.1) is 6.54 Å². The number of carboxylic acids is 1. The lowest BCUT2D eigenvalue weighted by Crippen LogP contribution is -2.54. The van der Waals surface area contributed by atoms with E-state index in [1.165, 1.54) is 24.0 Å². The van der Waals surface area contributed by atoms with Gasteiger partial charge >= 0.3 is 5.97 Å². The molecule has 2 N–H and O–H groups in total. The molecular weight excluding hydrogens is 276 g/mol. The molecule has 4 nitrogen and oxygen atoms in total. The van der Waals surface area contributed by atoms with Crippen molar-refractivity contribution in [1.82, 2.24) is 10.2 Å². The van der Waals surface area contributed by atoms with E-state index in [2.05, 4.69) is 41.4 Å². The average Bonchev–Trinajstić information content (AvgIpc) is 3.22. The zero-order valence-electron chi connectivity index (χ0n) is 13.3. The number of nitrogens with one attached hydrogen (secondary N) is 1. The van der Waals surface area contributed by atoms with E-state index in [-0.39, 0.29) is 6.54 Å². The first-order valence-electron chi connectivity index (χ1n) is 8.35. The second kappa shape index (κ2) is 6.80. The van der Waals surface area contributed by atoms with Crippen LogP contribution in [0, 0.1) is 12.8 Å². The number of nitrogens with zero attached hydrogens (tertiary/aromatic N) is 1. The summed E-state index contributed by atoms with van der Waals surface area (Å²) in [5.41, 5.74) is 2.60. The largest absolute Gasteiger partial charge is 0.480 e. The Morgan fingerprint density at radius 1 is 1.27 bits per heavy atom. The second-order valence-electron chi connectivity index (χ2n) is 6.96. The van der Waals surface area contributed by atoms with Gasteiger partial charge in [0.25, 0.3) is 0 Å². The third-order valence-corrected chi connectivity index (χ3v) is 4.87. The summed E-state index contributed by atoms with van der Waals surface area (Å²) >= 11 is 0. The average molecular weight is 302 g/mol. The Kier molecular flexibility index (Phi) is 4.79. The zero-order chi connectivity index (χ0) is 15.5. The van der Waals surface area contributed by atoms with Crippen molar-refractivity contribution in [3.63, 3.8) is 0 Å². The number of benzene rings is 1. The van der Waals surface area contributed by atoms with Gasteiger partial charge in [0.15, 0.2) is 0 Å². The highest BCUT2D eigenvalue weighted by Gasteiger charge is 2.36. The molecule has 0 radical (unpaired) electrons. The van der Waals surface area contributed by atoms with Crippen molar-refractivity contribution < 1.29 is 9.90 Å². The topological polar surface area (TPSA) is 52.6 Å². The maximum Gasteiger partial charge on any atom is 0.317 e. The van der Waals surface area contributed by atoms with E-state index in [0.717, 1.165) is 31.8 Å². The number of rotatable bonds is 8. The lowest BCUT2D eigenvalue weighted by molar-refractivity contribution is -0.139. The molecule has 0 amide bonds. The van der Waals surface area contributed by atoms with Crippen molar-refractivity contribution in [1.29, 1.82) is 0 Å². The van der Waals surface area contributed by atoms with Crippen LogP contribution < -0.4 is 5.32 Å². The molecule has 0 saturated heterocycles. The molecule has 1 aromatic carbocycles. The van der Waals surface area contributed by atoms with Crippen LogP contribution in [0.5, 0.6) is 0 Å². The maximum atomic E-state index is 11.0. The van der Waals surface area contributed by atoms with Gasteiger partial charge in [-0.1, -0.05) is 29.8 Å². The van der Waals surface area contributed by atoms with Crippen molar-refractivity contribution in [2.75, 3.05) is 13.1 Å². The molecule has 22 heavy (non-hydrogen) atoms. The predicted molar refractivity (Wildman–Crippen MR) is 86.8 cm³/mol. The number of aryl methyl sites for hydroxylation is 1. The van der Waals surface area contributed by atoms with Crippen LogP contribution in [0.1, 0.15) is 36.8 Å². The molecule has 120 valence electrons. The van der Waals surface area contributed by atoms with Crippen molar-refractivity contribution in [2.45, 2.75) is 51.2 Å². The van der Waals surface area contributed by atoms with Crippen LogP contribution in [0.15, 0.2) is 24.3 Å². The highest BCUT2D eigenvalue weighted by molar-refractivity contribution is 5.69. The molecule has 0 bridgehead atoms. The third kappa shape index (κ3) is 4.31. The summed E-state index contributed by atoms with van der Waals surface area (Å²) in [6, 6.07) is 9.61. The first kappa shape index (κ1) is 15.5. The van der Waals surface area contributed by atoms with E-state index < -0.39 is 5.97 Å². The summed E-state index contributed by atoms with van der Waals surface area (Å²) in [4.78, 5) is 13.2. The number of aliphatic carboxylic acids is 1. The molecule has 3 rings (SSSR count). The molecule has 2 saturated carbocycles. The number of hydrogen-bond acceptors (Lipinski definition) is 3. The summed E-state index contributed by atoms with van der Waals surface area (Å²) in [6.45, 7) is 4.18. The highest BCUT2D eigenvalue weighted by atomic mass is 16.4. The van der Waals surface area contributed by atoms with Gasteiger partial charge in [-0.15, -0.1) is 0 Å². The summed E-state index contributed by atoms with van der Waals surface area (Å²) in [7, 11) is 0. The molecule has 0 spiro atoms. The van der Waals surface area contributed by atoms with Crippen LogP contribution in [-0.4, -0.2) is 41.1 Å². The zero-order valence-corrected chi connectivity index (χ0v) is 13.3. The molecule has 0 atom stereocenters. The summed E-state index contributed by atoms with van der Waals surface area (Å²) in [6.07, 6.45) is 4.70. The Balaban J connectivity index is 1.41. The van der Waals surface area contributed by atoms with Gasteiger partial charge in [-0.2, -0.15) is 0 Å². The van der Waals surface area contributed by atoms with Gasteiger partial charge in [0.1, 0.15) is 0 Å². The molecule has 0 aliphatic heterocycles. The molecule has 2 aliphatic rings. The molecule has 2 fully saturated rings. The lowest BCUT2D eigenvalue weighted by Gasteiger charge is -2.43. The molecule has 1 aromatic rings. The van der Waals surface area contributed by atoms with E-state index in [1.54, 1.807) is 0 Å². The molecule has 0 unspecified atom stereocenters. The van der Waals surface area contributed by atoms with Crippen LogP contribution in [0.25, 0.3) is 0 Å². The van der Waals surface area contributed by atoms with Gasteiger partial charge in [0, 0.05) is 25.2 Å². The molecule has 0 aromatic heterocycles. The Morgan fingerprint density at radius 2 is 1.95 bits per heavy atom. The molecule has 2 aliphatic carbocycles. The van der Waals surface area contributed by atoms with E-state index in [1.807, 2.05) is 0 Å². The summed E-state index contributed by atoms with van der Waals surface area (Å²) in [5, 5.41) is 12.7. The Morgan fingerprint density at radius 3 is 2.55 bits per heavy atom. The fraction of sp³-hybridized carbons (Fsp3) is 0.611. The second-order valence-corrected chi connectivity index (χ2v) is 6.96. The third-order valence-electron chi connectivity index (χ3n) is 4.87. The van der Waals surface area contributed by atoms with Gasteiger partial charge in [-0.3, -0.25) is 9.69 Å². The molecule has 4 heteroatoms. The minimum atomic E-state index is -0.697. The Labute approximate surface area is 132 Å².